The van der Waals surface area contributed by atoms with Crippen LogP contribution < -0.4 is 11.0 Å². The molecule has 0 bridgehead atoms. The lowest BCUT2D eigenvalue weighted by Gasteiger charge is -2.03. The van der Waals surface area contributed by atoms with Gasteiger partial charge < -0.3 is 5.32 Å². The second kappa shape index (κ2) is 4.18. The molecule has 2 rings (SSSR count). The molecule has 0 aliphatic carbocycles. The predicted octanol–water partition coefficient (Wildman–Crippen LogP) is 0.0668. The van der Waals surface area contributed by atoms with Gasteiger partial charge in [-0.15, -0.1) is 0 Å². The number of anilines is 1. The Morgan fingerprint density at radius 2 is 2.31 bits per heavy atom. The lowest BCUT2D eigenvalue weighted by atomic mass is 10.2. The summed E-state index contributed by atoms with van der Waals surface area (Å²) in [4.78, 5) is 15.7. The van der Waals surface area contributed by atoms with Gasteiger partial charge in [-0.1, -0.05) is 0 Å². The molecule has 84 valence electrons. The van der Waals surface area contributed by atoms with E-state index in [4.69, 9.17) is 0 Å². The minimum absolute atomic E-state index is 0.122. The SMILES string of the molecule is CNc1cc(Cn2ncn(C)c2=O)ccn1. The third-order valence-corrected chi connectivity index (χ3v) is 2.30. The summed E-state index contributed by atoms with van der Waals surface area (Å²) in [6.45, 7) is 0.455. The molecule has 0 aliphatic rings. The molecule has 6 heteroatoms. The molecule has 16 heavy (non-hydrogen) atoms. The molecule has 0 spiro atoms. The topological polar surface area (TPSA) is 64.7 Å². The van der Waals surface area contributed by atoms with Crippen LogP contribution in [-0.4, -0.2) is 26.4 Å². The average molecular weight is 219 g/mol. The van der Waals surface area contributed by atoms with Crippen LogP contribution in [0.2, 0.25) is 0 Å². The number of aryl methyl sites for hydroxylation is 1. The van der Waals surface area contributed by atoms with E-state index in [2.05, 4.69) is 15.4 Å². The quantitative estimate of drug-likeness (QED) is 0.793. The summed E-state index contributed by atoms with van der Waals surface area (Å²) >= 11 is 0. The van der Waals surface area contributed by atoms with Crippen LogP contribution in [0.25, 0.3) is 0 Å². The van der Waals surface area contributed by atoms with Crippen LogP contribution in [0.4, 0.5) is 5.82 Å². The molecule has 2 heterocycles. The van der Waals surface area contributed by atoms with Crippen LogP contribution in [0.5, 0.6) is 0 Å². The van der Waals surface area contributed by atoms with Gasteiger partial charge in [0.05, 0.1) is 6.54 Å². The molecule has 2 aromatic rings. The summed E-state index contributed by atoms with van der Waals surface area (Å²) in [6.07, 6.45) is 3.21. The largest absolute Gasteiger partial charge is 0.373 e. The molecule has 2 aromatic heterocycles. The van der Waals surface area contributed by atoms with Gasteiger partial charge in [-0.2, -0.15) is 5.10 Å². The Hall–Kier alpha value is -2.11. The van der Waals surface area contributed by atoms with Crippen molar-refractivity contribution in [2.75, 3.05) is 12.4 Å². The highest BCUT2D eigenvalue weighted by molar-refractivity contribution is 5.36. The van der Waals surface area contributed by atoms with Crippen molar-refractivity contribution < 1.29 is 0 Å². The molecule has 0 amide bonds. The molecule has 1 N–H and O–H groups in total. The van der Waals surface area contributed by atoms with Gasteiger partial charge in [0.2, 0.25) is 0 Å². The summed E-state index contributed by atoms with van der Waals surface area (Å²) in [6, 6.07) is 3.75. The van der Waals surface area contributed by atoms with E-state index in [1.807, 2.05) is 12.1 Å². The van der Waals surface area contributed by atoms with Crippen molar-refractivity contribution in [3.05, 3.63) is 40.7 Å². The predicted molar refractivity (Wildman–Crippen MR) is 60.4 cm³/mol. The molecule has 0 aliphatic heterocycles. The van der Waals surface area contributed by atoms with Gasteiger partial charge in [-0.3, -0.25) is 4.57 Å². The van der Waals surface area contributed by atoms with Crippen LogP contribution >= 0.6 is 0 Å². The Morgan fingerprint density at radius 3 is 2.94 bits per heavy atom. The van der Waals surface area contributed by atoms with Crippen molar-refractivity contribution in [2.24, 2.45) is 7.05 Å². The maximum absolute atomic E-state index is 11.6. The summed E-state index contributed by atoms with van der Waals surface area (Å²) < 4.78 is 2.86. The third-order valence-electron chi connectivity index (χ3n) is 2.30. The van der Waals surface area contributed by atoms with E-state index in [1.54, 1.807) is 20.3 Å². The van der Waals surface area contributed by atoms with Crippen molar-refractivity contribution in [1.82, 2.24) is 19.3 Å². The lowest BCUT2D eigenvalue weighted by molar-refractivity contribution is 0.646. The normalized spacial score (nSPS) is 10.4. The van der Waals surface area contributed by atoms with Crippen LogP contribution in [0.15, 0.2) is 29.5 Å². The fourth-order valence-corrected chi connectivity index (χ4v) is 1.41. The van der Waals surface area contributed by atoms with E-state index in [0.717, 1.165) is 11.4 Å². The number of nitrogens with zero attached hydrogens (tertiary/aromatic N) is 4. The Labute approximate surface area is 92.6 Å². The Balaban J connectivity index is 2.27. The van der Waals surface area contributed by atoms with Gasteiger partial charge in [0, 0.05) is 20.3 Å². The van der Waals surface area contributed by atoms with Crippen molar-refractivity contribution in [3.63, 3.8) is 0 Å². The highest BCUT2D eigenvalue weighted by Gasteiger charge is 2.03. The zero-order valence-corrected chi connectivity index (χ0v) is 9.21. The van der Waals surface area contributed by atoms with Gasteiger partial charge in [-0.25, -0.2) is 14.5 Å². The molecule has 0 unspecified atom stereocenters. The van der Waals surface area contributed by atoms with Crippen LogP contribution in [-0.2, 0) is 13.6 Å². The van der Waals surface area contributed by atoms with E-state index in [9.17, 15) is 4.79 Å². The molecule has 0 aromatic carbocycles. The van der Waals surface area contributed by atoms with Gasteiger partial charge in [0.25, 0.3) is 0 Å². The first kappa shape index (κ1) is 10.4. The molecule has 6 nitrogen and oxygen atoms in total. The van der Waals surface area contributed by atoms with Gasteiger partial charge in [0.1, 0.15) is 12.1 Å². The van der Waals surface area contributed by atoms with Crippen molar-refractivity contribution >= 4 is 5.82 Å². The summed E-state index contributed by atoms with van der Waals surface area (Å²) in [5, 5.41) is 6.94. The maximum Gasteiger partial charge on any atom is 0.345 e. The Bertz CT molecular complexity index is 542. The van der Waals surface area contributed by atoms with Crippen LogP contribution in [0.3, 0.4) is 0 Å². The van der Waals surface area contributed by atoms with E-state index in [0.29, 0.717) is 6.54 Å². The molecule has 0 atom stereocenters. The molecule has 0 saturated carbocycles. The first-order chi connectivity index (χ1) is 7.70. The van der Waals surface area contributed by atoms with Gasteiger partial charge >= 0.3 is 5.69 Å². The molecule has 0 radical (unpaired) electrons. The molecule has 0 fully saturated rings. The lowest BCUT2D eigenvalue weighted by Crippen LogP contribution is -2.23. The minimum Gasteiger partial charge on any atom is -0.373 e. The fourth-order valence-electron chi connectivity index (χ4n) is 1.41. The van der Waals surface area contributed by atoms with Crippen molar-refractivity contribution in [1.29, 1.82) is 0 Å². The van der Waals surface area contributed by atoms with Crippen LogP contribution in [0, 0.1) is 0 Å². The van der Waals surface area contributed by atoms with Gasteiger partial charge in [0.15, 0.2) is 0 Å². The van der Waals surface area contributed by atoms with Crippen molar-refractivity contribution in [2.45, 2.75) is 6.54 Å². The summed E-state index contributed by atoms with van der Waals surface area (Å²) in [7, 11) is 3.48. The highest BCUT2D eigenvalue weighted by atomic mass is 16.2. The van der Waals surface area contributed by atoms with Crippen molar-refractivity contribution in [3.8, 4) is 0 Å². The maximum atomic E-state index is 11.6. The molecule has 0 saturated heterocycles. The minimum atomic E-state index is -0.122. The highest BCUT2D eigenvalue weighted by Crippen LogP contribution is 2.06. The summed E-state index contributed by atoms with van der Waals surface area (Å²) in [5.41, 5.74) is 0.864. The second-order valence-corrected chi connectivity index (χ2v) is 3.48. The molecular weight excluding hydrogens is 206 g/mol. The Kier molecular flexibility index (Phi) is 2.72. The first-order valence-corrected chi connectivity index (χ1v) is 4.92. The monoisotopic (exact) mass is 219 g/mol. The third kappa shape index (κ3) is 1.95. The number of nitrogens with one attached hydrogen (secondary N) is 1. The number of rotatable bonds is 3. The average Bonchev–Trinajstić information content (AvgIpc) is 2.61. The first-order valence-electron chi connectivity index (χ1n) is 4.92. The number of hydrogen-bond acceptors (Lipinski definition) is 4. The smallest absolute Gasteiger partial charge is 0.345 e. The van der Waals surface area contributed by atoms with Crippen LogP contribution in [0.1, 0.15) is 5.56 Å². The number of pyridine rings is 1. The Morgan fingerprint density at radius 1 is 1.50 bits per heavy atom. The van der Waals surface area contributed by atoms with E-state index < -0.39 is 0 Å². The van der Waals surface area contributed by atoms with E-state index in [1.165, 1.54) is 15.6 Å². The van der Waals surface area contributed by atoms with E-state index in [-0.39, 0.29) is 5.69 Å². The zero-order valence-electron chi connectivity index (χ0n) is 9.21. The molecular formula is C10H13N5O. The summed E-state index contributed by atoms with van der Waals surface area (Å²) in [5.74, 6) is 0.779. The number of hydrogen-bond donors (Lipinski definition) is 1. The zero-order chi connectivity index (χ0) is 11.5. The van der Waals surface area contributed by atoms with Gasteiger partial charge in [-0.05, 0) is 17.7 Å². The second-order valence-electron chi connectivity index (χ2n) is 3.48. The van der Waals surface area contributed by atoms with E-state index >= 15 is 0 Å². The standard InChI is InChI=1S/C10H13N5O/c1-11-9-5-8(3-4-12-9)6-15-10(16)14(2)7-13-15/h3-5,7H,6H2,1-2H3,(H,11,12). The fraction of sp³-hybridized carbons (Fsp3) is 0.300. The number of aromatic nitrogens is 4.